The minimum atomic E-state index is 0.284. The van der Waals surface area contributed by atoms with Crippen molar-refractivity contribution in [1.82, 2.24) is 24.9 Å². The zero-order valence-electron chi connectivity index (χ0n) is 16.7. The Kier molecular flexibility index (Phi) is 4.98. The van der Waals surface area contributed by atoms with E-state index in [9.17, 15) is 5.11 Å². The third-order valence-electron chi connectivity index (χ3n) is 5.04. The predicted octanol–water partition coefficient (Wildman–Crippen LogP) is 4.44. The molecule has 31 heavy (non-hydrogen) atoms. The zero-order valence-corrected chi connectivity index (χ0v) is 16.7. The summed E-state index contributed by atoms with van der Waals surface area (Å²) in [7, 11) is 0. The fourth-order valence-electron chi connectivity index (χ4n) is 3.57. The van der Waals surface area contributed by atoms with E-state index >= 15 is 0 Å². The van der Waals surface area contributed by atoms with E-state index in [0.717, 1.165) is 34.1 Å². The highest BCUT2D eigenvalue weighted by Crippen LogP contribution is 2.28. The lowest BCUT2D eigenvalue weighted by atomic mass is 10.1. The van der Waals surface area contributed by atoms with Crippen molar-refractivity contribution in [3.05, 3.63) is 84.9 Å². The molecule has 5 aromatic rings. The number of nitrogens with one attached hydrogen (secondary N) is 2. The van der Waals surface area contributed by atoms with Crippen LogP contribution >= 0.6 is 0 Å². The van der Waals surface area contributed by atoms with Gasteiger partial charge in [0.2, 0.25) is 0 Å². The van der Waals surface area contributed by atoms with Gasteiger partial charge in [-0.2, -0.15) is 0 Å². The Morgan fingerprint density at radius 3 is 2.74 bits per heavy atom. The molecule has 4 aromatic heterocycles. The number of aromatic hydroxyl groups is 1. The first-order valence-corrected chi connectivity index (χ1v) is 10.0. The molecule has 1 aromatic carbocycles. The van der Waals surface area contributed by atoms with Gasteiger partial charge in [-0.3, -0.25) is 9.97 Å². The number of aromatic amines is 1. The first kappa shape index (κ1) is 18.7. The Morgan fingerprint density at radius 2 is 1.90 bits per heavy atom. The van der Waals surface area contributed by atoms with Crippen LogP contribution in [0.15, 0.2) is 79.4 Å². The van der Waals surface area contributed by atoms with E-state index in [1.54, 1.807) is 24.7 Å². The van der Waals surface area contributed by atoms with Crippen molar-refractivity contribution in [2.24, 2.45) is 0 Å². The molecule has 0 unspecified atom stereocenters. The first-order chi connectivity index (χ1) is 15.3. The van der Waals surface area contributed by atoms with Crippen molar-refractivity contribution in [3.63, 3.8) is 0 Å². The van der Waals surface area contributed by atoms with Crippen LogP contribution in [-0.2, 0) is 6.42 Å². The third kappa shape index (κ3) is 3.93. The fraction of sp³-hybridized carbons (Fsp3) is 0.0833. The Bertz CT molecular complexity index is 1260. The van der Waals surface area contributed by atoms with E-state index in [1.807, 2.05) is 54.7 Å². The van der Waals surface area contributed by atoms with E-state index in [2.05, 4.69) is 25.3 Å². The Morgan fingerprint density at radius 1 is 0.935 bits per heavy atom. The number of rotatable bonds is 6. The molecule has 0 fully saturated rings. The van der Waals surface area contributed by atoms with Gasteiger partial charge < -0.3 is 15.4 Å². The molecule has 0 aliphatic heterocycles. The maximum Gasteiger partial charge on any atom is 0.180 e. The second-order valence-electron chi connectivity index (χ2n) is 7.11. The lowest BCUT2D eigenvalue weighted by Crippen LogP contribution is -2.08. The lowest BCUT2D eigenvalue weighted by molar-refractivity contribution is 0.481. The smallest absolute Gasteiger partial charge is 0.180 e. The van der Waals surface area contributed by atoms with Crippen molar-refractivity contribution in [3.8, 4) is 28.5 Å². The van der Waals surface area contributed by atoms with E-state index in [1.165, 1.54) is 0 Å². The summed E-state index contributed by atoms with van der Waals surface area (Å²) in [6.45, 7) is 0.645. The molecule has 0 aliphatic carbocycles. The summed E-state index contributed by atoms with van der Waals surface area (Å²) < 4.78 is 0. The molecule has 7 heteroatoms. The molecule has 4 heterocycles. The first-order valence-electron chi connectivity index (χ1n) is 10.0. The fourth-order valence-corrected chi connectivity index (χ4v) is 3.57. The van der Waals surface area contributed by atoms with Gasteiger partial charge in [-0.05, 0) is 48.4 Å². The number of pyridine rings is 2. The Balaban J connectivity index is 1.42. The van der Waals surface area contributed by atoms with Gasteiger partial charge in [0.1, 0.15) is 17.3 Å². The van der Waals surface area contributed by atoms with Crippen LogP contribution in [0.3, 0.4) is 0 Å². The van der Waals surface area contributed by atoms with Crippen LogP contribution in [0.5, 0.6) is 5.75 Å². The van der Waals surface area contributed by atoms with Gasteiger partial charge >= 0.3 is 0 Å². The highest BCUT2D eigenvalue weighted by Gasteiger charge is 2.11. The van der Waals surface area contributed by atoms with Crippen molar-refractivity contribution in [1.29, 1.82) is 0 Å². The number of aromatic nitrogens is 5. The van der Waals surface area contributed by atoms with Gasteiger partial charge in [-0.1, -0.05) is 12.1 Å². The van der Waals surface area contributed by atoms with Crippen LogP contribution < -0.4 is 5.32 Å². The molecule has 0 bridgehead atoms. The van der Waals surface area contributed by atoms with Gasteiger partial charge in [-0.15, -0.1) is 0 Å². The topological polar surface area (TPSA) is 99.6 Å². The van der Waals surface area contributed by atoms with E-state index < -0.39 is 0 Å². The average Bonchev–Trinajstić information content (AvgIpc) is 3.24. The predicted molar refractivity (Wildman–Crippen MR) is 121 cm³/mol. The summed E-state index contributed by atoms with van der Waals surface area (Å²) in [4.78, 5) is 21.2. The van der Waals surface area contributed by atoms with Gasteiger partial charge in [0.25, 0.3) is 0 Å². The highest BCUT2D eigenvalue weighted by molar-refractivity contribution is 5.89. The van der Waals surface area contributed by atoms with Crippen molar-refractivity contribution < 1.29 is 5.11 Å². The van der Waals surface area contributed by atoms with Gasteiger partial charge in [-0.25, -0.2) is 9.97 Å². The van der Waals surface area contributed by atoms with Gasteiger partial charge in [0, 0.05) is 53.9 Å². The number of phenols is 1. The van der Waals surface area contributed by atoms with Crippen LogP contribution in [0, 0.1) is 0 Å². The number of hydrogen-bond acceptors (Lipinski definition) is 6. The minimum Gasteiger partial charge on any atom is -0.507 e. The van der Waals surface area contributed by atoms with Crippen LogP contribution in [0.4, 0.5) is 5.82 Å². The van der Waals surface area contributed by atoms with E-state index in [0.29, 0.717) is 23.9 Å². The van der Waals surface area contributed by atoms with Gasteiger partial charge in [0.05, 0.1) is 5.69 Å². The summed E-state index contributed by atoms with van der Waals surface area (Å²) >= 11 is 0. The monoisotopic (exact) mass is 408 g/mol. The third-order valence-corrected chi connectivity index (χ3v) is 5.04. The minimum absolute atomic E-state index is 0.284. The Hall–Kier alpha value is -4.26. The lowest BCUT2D eigenvalue weighted by Gasteiger charge is -2.10. The summed E-state index contributed by atoms with van der Waals surface area (Å²) in [6.07, 6.45) is 7.91. The molecule has 0 amide bonds. The van der Waals surface area contributed by atoms with Crippen LogP contribution in [0.1, 0.15) is 5.56 Å². The zero-order chi connectivity index (χ0) is 21.0. The maximum absolute atomic E-state index is 10.2. The SMILES string of the molecule is Oc1cccc2[nH]cc(CCNc3cc(-c4cccnc4)nc(-c4ccccn4)n3)c12. The summed E-state index contributed by atoms with van der Waals surface area (Å²) in [5.41, 5.74) is 4.36. The highest BCUT2D eigenvalue weighted by atomic mass is 16.3. The number of hydrogen-bond donors (Lipinski definition) is 3. The average molecular weight is 408 g/mol. The standard InChI is InChI=1S/C24H20N6O/c31-21-8-3-7-18-23(21)17(15-28-18)9-12-27-22-13-20(16-5-4-10-25-14-16)29-24(30-22)19-6-1-2-11-26-19/h1-8,10-11,13-15,28,31H,9,12H2,(H,27,29,30). The quantitative estimate of drug-likeness (QED) is 0.384. The Labute approximate surface area is 178 Å². The molecule has 0 saturated carbocycles. The second-order valence-corrected chi connectivity index (χ2v) is 7.11. The van der Waals surface area contributed by atoms with Crippen molar-refractivity contribution in [2.45, 2.75) is 6.42 Å². The molecule has 3 N–H and O–H groups in total. The molecule has 0 spiro atoms. The van der Waals surface area contributed by atoms with Crippen LogP contribution in [0.25, 0.3) is 33.7 Å². The molecular formula is C24H20N6O. The molecule has 0 aliphatic rings. The number of H-pyrrole nitrogens is 1. The molecule has 7 nitrogen and oxygen atoms in total. The molecule has 0 saturated heterocycles. The number of anilines is 1. The summed E-state index contributed by atoms with van der Waals surface area (Å²) in [5, 5.41) is 14.5. The van der Waals surface area contributed by atoms with Gasteiger partial charge in [0.15, 0.2) is 5.82 Å². The molecular weight excluding hydrogens is 388 g/mol. The molecule has 0 atom stereocenters. The largest absolute Gasteiger partial charge is 0.507 e. The van der Waals surface area contributed by atoms with Crippen molar-refractivity contribution in [2.75, 3.05) is 11.9 Å². The number of nitrogens with zero attached hydrogens (tertiary/aromatic N) is 4. The number of fused-ring (bicyclic) bond motifs is 1. The van der Waals surface area contributed by atoms with Crippen molar-refractivity contribution >= 4 is 16.7 Å². The summed E-state index contributed by atoms with van der Waals surface area (Å²) in [5.74, 6) is 1.54. The van der Waals surface area contributed by atoms with E-state index in [-0.39, 0.29) is 5.75 Å². The van der Waals surface area contributed by atoms with Crippen LogP contribution in [0.2, 0.25) is 0 Å². The normalized spacial score (nSPS) is 11.0. The molecule has 152 valence electrons. The number of phenolic OH excluding ortho intramolecular Hbond substituents is 1. The number of benzene rings is 1. The maximum atomic E-state index is 10.2. The van der Waals surface area contributed by atoms with Crippen LogP contribution in [-0.4, -0.2) is 36.6 Å². The summed E-state index contributed by atoms with van der Waals surface area (Å²) in [6, 6.07) is 16.9. The molecule has 5 rings (SSSR count). The molecule has 0 radical (unpaired) electrons. The van der Waals surface area contributed by atoms with E-state index in [4.69, 9.17) is 4.98 Å². The second kappa shape index (κ2) is 8.23.